The van der Waals surface area contributed by atoms with Crippen LogP contribution in [0.2, 0.25) is 0 Å². The molecule has 1 aromatic rings. The van der Waals surface area contributed by atoms with Gasteiger partial charge in [0.1, 0.15) is 5.69 Å². The SMILES string of the molecule is Cc1nn(C)c(NCC2NCCCC2(C)C)c1[N+](=O)[O-]. The van der Waals surface area contributed by atoms with Crippen molar-refractivity contribution >= 4 is 11.5 Å². The second kappa shape index (κ2) is 5.40. The van der Waals surface area contributed by atoms with Crippen LogP contribution in [0.1, 0.15) is 32.4 Å². The van der Waals surface area contributed by atoms with E-state index in [1.165, 1.54) is 12.8 Å². The van der Waals surface area contributed by atoms with Crippen molar-refractivity contribution in [1.82, 2.24) is 15.1 Å². The van der Waals surface area contributed by atoms with Gasteiger partial charge in [0.2, 0.25) is 5.82 Å². The number of nitrogens with one attached hydrogen (secondary N) is 2. The molecule has 1 aliphatic heterocycles. The van der Waals surface area contributed by atoms with Crippen molar-refractivity contribution in [2.75, 3.05) is 18.4 Å². The summed E-state index contributed by atoms with van der Waals surface area (Å²) in [5.74, 6) is 0.482. The molecule has 7 nitrogen and oxygen atoms in total. The number of hydrogen-bond acceptors (Lipinski definition) is 5. The van der Waals surface area contributed by atoms with E-state index in [9.17, 15) is 10.1 Å². The standard InChI is InChI=1S/C13H23N5O2/c1-9-11(18(19)20)12(17(4)16-9)15-8-10-13(2,3)6-5-7-14-10/h10,14-15H,5-8H2,1-4H3. The van der Waals surface area contributed by atoms with Crippen LogP contribution in [0.15, 0.2) is 0 Å². The van der Waals surface area contributed by atoms with Gasteiger partial charge in [0, 0.05) is 19.6 Å². The lowest BCUT2D eigenvalue weighted by Crippen LogP contribution is -2.50. The molecule has 112 valence electrons. The van der Waals surface area contributed by atoms with Crippen LogP contribution < -0.4 is 10.6 Å². The van der Waals surface area contributed by atoms with Crippen molar-refractivity contribution in [3.8, 4) is 0 Å². The highest BCUT2D eigenvalue weighted by Gasteiger charge is 2.33. The first-order valence-corrected chi connectivity index (χ1v) is 6.98. The number of rotatable bonds is 4. The molecule has 1 fully saturated rings. The minimum absolute atomic E-state index is 0.0705. The summed E-state index contributed by atoms with van der Waals surface area (Å²) in [5.41, 5.74) is 0.699. The Morgan fingerprint density at radius 2 is 2.30 bits per heavy atom. The van der Waals surface area contributed by atoms with Crippen molar-refractivity contribution in [2.45, 2.75) is 39.7 Å². The van der Waals surface area contributed by atoms with E-state index in [0.717, 1.165) is 6.54 Å². The zero-order chi connectivity index (χ0) is 14.9. The monoisotopic (exact) mass is 281 g/mol. The predicted octanol–water partition coefficient (Wildman–Crippen LogP) is 1.83. The van der Waals surface area contributed by atoms with E-state index in [2.05, 4.69) is 29.6 Å². The molecular formula is C13H23N5O2. The molecule has 7 heteroatoms. The van der Waals surface area contributed by atoms with Crippen LogP contribution in [-0.2, 0) is 7.05 Å². The molecule has 1 aromatic heterocycles. The molecule has 0 radical (unpaired) electrons. The Morgan fingerprint density at radius 3 is 2.90 bits per heavy atom. The van der Waals surface area contributed by atoms with Gasteiger partial charge >= 0.3 is 5.69 Å². The summed E-state index contributed by atoms with van der Waals surface area (Å²) in [5, 5.41) is 22.0. The van der Waals surface area contributed by atoms with Gasteiger partial charge in [-0.1, -0.05) is 13.8 Å². The molecule has 0 amide bonds. The van der Waals surface area contributed by atoms with Crippen LogP contribution in [-0.4, -0.2) is 33.8 Å². The number of nitrogens with zero attached hydrogens (tertiary/aromatic N) is 3. The fraction of sp³-hybridized carbons (Fsp3) is 0.769. The van der Waals surface area contributed by atoms with Gasteiger partial charge in [-0.3, -0.25) is 10.1 Å². The largest absolute Gasteiger partial charge is 0.363 e. The summed E-state index contributed by atoms with van der Waals surface area (Å²) in [6.45, 7) is 7.78. The van der Waals surface area contributed by atoms with E-state index in [-0.39, 0.29) is 16.0 Å². The van der Waals surface area contributed by atoms with E-state index < -0.39 is 0 Å². The van der Waals surface area contributed by atoms with Gasteiger partial charge in [0.15, 0.2) is 0 Å². The maximum atomic E-state index is 11.1. The lowest BCUT2D eigenvalue weighted by molar-refractivity contribution is -0.384. The first kappa shape index (κ1) is 14.8. The minimum atomic E-state index is -0.371. The molecular weight excluding hydrogens is 258 g/mol. The number of hydrogen-bond donors (Lipinski definition) is 2. The van der Waals surface area contributed by atoms with Crippen molar-refractivity contribution in [2.24, 2.45) is 12.5 Å². The molecule has 1 aliphatic rings. The quantitative estimate of drug-likeness (QED) is 0.649. The smallest absolute Gasteiger partial charge is 0.333 e. The van der Waals surface area contributed by atoms with Crippen molar-refractivity contribution < 1.29 is 4.92 Å². The highest BCUT2D eigenvalue weighted by molar-refractivity contribution is 5.59. The molecule has 2 heterocycles. The highest BCUT2D eigenvalue weighted by Crippen LogP contribution is 2.32. The lowest BCUT2D eigenvalue weighted by atomic mass is 9.77. The third-order valence-corrected chi connectivity index (χ3v) is 4.18. The van der Waals surface area contributed by atoms with Crippen molar-refractivity contribution in [1.29, 1.82) is 0 Å². The van der Waals surface area contributed by atoms with E-state index in [1.807, 2.05) is 0 Å². The third-order valence-electron chi connectivity index (χ3n) is 4.18. The number of anilines is 1. The predicted molar refractivity (Wildman–Crippen MR) is 77.9 cm³/mol. The van der Waals surface area contributed by atoms with Crippen LogP contribution >= 0.6 is 0 Å². The Morgan fingerprint density at radius 1 is 1.60 bits per heavy atom. The molecule has 0 spiro atoms. The first-order valence-electron chi connectivity index (χ1n) is 6.98. The van der Waals surface area contributed by atoms with E-state index in [1.54, 1.807) is 18.7 Å². The summed E-state index contributed by atoms with van der Waals surface area (Å²) < 4.78 is 1.54. The topological polar surface area (TPSA) is 85.0 Å². The van der Waals surface area contributed by atoms with Crippen LogP contribution in [0.25, 0.3) is 0 Å². The van der Waals surface area contributed by atoms with E-state index in [0.29, 0.717) is 24.1 Å². The third kappa shape index (κ3) is 2.77. The Kier molecular flexibility index (Phi) is 3.99. The van der Waals surface area contributed by atoms with Gasteiger partial charge in [0.05, 0.1) is 4.92 Å². The Hall–Kier alpha value is -1.63. The van der Waals surface area contributed by atoms with Crippen molar-refractivity contribution in [3.63, 3.8) is 0 Å². The average Bonchev–Trinajstić information content (AvgIpc) is 2.62. The molecule has 1 unspecified atom stereocenters. The zero-order valence-electron chi connectivity index (χ0n) is 12.6. The molecule has 1 atom stereocenters. The van der Waals surface area contributed by atoms with Gasteiger partial charge < -0.3 is 10.6 Å². The van der Waals surface area contributed by atoms with Crippen LogP contribution in [0.3, 0.4) is 0 Å². The Labute approximate surface area is 118 Å². The molecule has 0 aromatic carbocycles. The average molecular weight is 281 g/mol. The normalized spacial score (nSPS) is 21.7. The molecule has 20 heavy (non-hydrogen) atoms. The van der Waals surface area contributed by atoms with Gasteiger partial charge in [-0.25, -0.2) is 4.68 Å². The molecule has 0 aliphatic carbocycles. The maximum Gasteiger partial charge on any atom is 0.333 e. The molecule has 2 N–H and O–H groups in total. The van der Waals surface area contributed by atoms with Crippen LogP contribution in [0, 0.1) is 22.5 Å². The molecule has 1 saturated heterocycles. The minimum Gasteiger partial charge on any atom is -0.363 e. The van der Waals surface area contributed by atoms with Crippen molar-refractivity contribution in [3.05, 3.63) is 15.8 Å². The zero-order valence-corrected chi connectivity index (χ0v) is 12.6. The Bertz CT molecular complexity index is 509. The summed E-state index contributed by atoms with van der Waals surface area (Å²) in [6, 6.07) is 0.297. The summed E-state index contributed by atoms with van der Waals surface area (Å²) in [4.78, 5) is 10.8. The molecule has 2 rings (SSSR count). The first-order chi connectivity index (χ1) is 9.33. The second-order valence-corrected chi connectivity index (χ2v) is 6.14. The summed E-state index contributed by atoms with van der Waals surface area (Å²) in [6.07, 6.45) is 2.34. The summed E-state index contributed by atoms with van der Waals surface area (Å²) in [7, 11) is 1.72. The fourth-order valence-corrected chi connectivity index (χ4v) is 2.88. The van der Waals surface area contributed by atoms with E-state index in [4.69, 9.17) is 0 Å². The molecule has 0 saturated carbocycles. The lowest BCUT2D eigenvalue weighted by Gasteiger charge is -2.39. The number of nitro groups is 1. The van der Waals surface area contributed by atoms with Gasteiger partial charge in [-0.2, -0.15) is 5.10 Å². The van der Waals surface area contributed by atoms with Gasteiger partial charge in [-0.05, 0) is 31.7 Å². The number of aromatic nitrogens is 2. The highest BCUT2D eigenvalue weighted by atomic mass is 16.6. The second-order valence-electron chi connectivity index (χ2n) is 6.14. The van der Waals surface area contributed by atoms with Crippen LogP contribution in [0.4, 0.5) is 11.5 Å². The van der Waals surface area contributed by atoms with Crippen LogP contribution in [0.5, 0.6) is 0 Å². The van der Waals surface area contributed by atoms with Gasteiger partial charge in [0.25, 0.3) is 0 Å². The fourth-order valence-electron chi connectivity index (χ4n) is 2.88. The van der Waals surface area contributed by atoms with Gasteiger partial charge in [-0.15, -0.1) is 0 Å². The Balaban J connectivity index is 2.13. The molecule has 0 bridgehead atoms. The number of aryl methyl sites for hydroxylation is 2. The summed E-state index contributed by atoms with van der Waals surface area (Å²) >= 11 is 0. The van der Waals surface area contributed by atoms with E-state index >= 15 is 0 Å². The maximum absolute atomic E-state index is 11.1. The number of piperidine rings is 1.